The Morgan fingerprint density at radius 3 is 2.37 bits per heavy atom. The number of benzene rings is 2. The molecule has 0 spiro atoms. The van der Waals surface area contributed by atoms with Gasteiger partial charge < -0.3 is 15.1 Å². The zero-order chi connectivity index (χ0) is 26.5. The van der Waals surface area contributed by atoms with Gasteiger partial charge in [-0.3, -0.25) is 9.58 Å². The molecule has 2 aromatic heterocycles. The van der Waals surface area contributed by atoms with Crippen molar-refractivity contribution in [1.82, 2.24) is 34.4 Å². The van der Waals surface area contributed by atoms with Gasteiger partial charge in [0.15, 0.2) is 0 Å². The number of piperazine rings is 1. The van der Waals surface area contributed by atoms with Crippen molar-refractivity contribution in [2.75, 3.05) is 59.2 Å². The van der Waals surface area contributed by atoms with Crippen molar-refractivity contribution in [1.29, 1.82) is 0 Å². The van der Waals surface area contributed by atoms with E-state index in [0.717, 1.165) is 74.0 Å². The van der Waals surface area contributed by atoms with Gasteiger partial charge in [-0.2, -0.15) is 5.10 Å². The van der Waals surface area contributed by atoms with Crippen LogP contribution in [0.5, 0.6) is 0 Å². The third-order valence-corrected chi connectivity index (χ3v) is 7.07. The second-order valence-corrected chi connectivity index (χ2v) is 10.5. The molecular weight excluding hydrogens is 472 g/mol. The Bertz CT molecular complexity index is 1320. The van der Waals surface area contributed by atoms with Gasteiger partial charge in [-0.05, 0) is 51.8 Å². The van der Waals surface area contributed by atoms with Gasteiger partial charge in [0.25, 0.3) is 0 Å². The molecule has 8 heteroatoms. The molecule has 0 atom stereocenters. The molecule has 0 radical (unpaired) electrons. The molecule has 1 aliphatic heterocycles. The van der Waals surface area contributed by atoms with Crippen LogP contribution in [0, 0.1) is 6.92 Å². The Balaban J connectivity index is 1.34. The van der Waals surface area contributed by atoms with E-state index in [0.29, 0.717) is 5.95 Å². The van der Waals surface area contributed by atoms with Crippen molar-refractivity contribution in [2.45, 2.75) is 20.0 Å². The van der Waals surface area contributed by atoms with Gasteiger partial charge in [-0.25, -0.2) is 9.97 Å². The van der Waals surface area contributed by atoms with Crippen LogP contribution in [0.1, 0.15) is 11.1 Å². The van der Waals surface area contributed by atoms with Crippen LogP contribution in [0.4, 0.5) is 11.6 Å². The number of nitrogens with one attached hydrogen (secondary N) is 1. The SMILES string of the molecule is Cc1ccc(-c2c(-c3ccnc(Nc4ccc(CN5CCN(C)CC5)cc4)n3)cnn2CCN(C)C)cc1. The van der Waals surface area contributed by atoms with Gasteiger partial charge in [0.2, 0.25) is 5.95 Å². The van der Waals surface area contributed by atoms with E-state index in [2.05, 4.69) is 106 Å². The predicted octanol–water partition coefficient (Wildman–Crippen LogP) is 4.37. The maximum Gasteiger partial charge on any atom is 0.227 e. The first-order valence-electron chi connectivity index (χ1n) is 13.3. The van der Waals surface area contributed by atoms with Gasteiger partial charge in [0.1, 0.15) is 0 Å². The lowest BCUT2D eigenvalue weighted by Gasteiger charge is -2.32. The van der Waals surface area contributed by atoms with E-state index in [1.54, 1.807) is 0 Å². The van der Waals surface area contributed by atoms with E-state index in [1.165, 1.54) is 11.1 Å². The average molecular weight is 511 g/mol. The smallest absolute Gasteiger partial charge is 0.227 e. The van der Waals surface area contributed by atoms with Crippen LogP contribution in [-0.4, -0.2) is 88.3 Å². The van der Waals surface area contributed by atoms with E-state index < -0.39 is 0 Å². The fraction of sp³-hybridized carbons (Fsp3) is 0.367. The zero-order valence-electron chi connectivity index (χ0n) is 22.9. The third kappa shape index (κ3) is 6.45. The lowest BCUT2D eigenvalue weighted by molar-refractivity contribution is 0.148. The summed E-state index contributed by atoms with van der Waals surface area (Å²) >= 11 is 0. The molecule has 8 nitrogen and oxygen atoms in total. The monoisotopic (exact) mass is 510 g/mol. The number of nitrogens with zero attached hydrogens (tertiary/aromatic N) is 7. The van der Waals surface area contributed by atoms with Crippen LogP contribution >= 0.6 is 0 Å². The molecule has 0 bridgehead atoms. The van der Waals surface area contributed by atoms with E-state index in [9.17, 15) is 0 Å². The summed E-state index contributed by atoms with van der Waals surface area (Å²) in [6, 6.07) is 19.2. The standard InChI is InChI=1S/C30H38N8/c1-23-5-9-25(10-6-23)29-27(21-32-38(29)20-15-35(2)3)28-13-14-31-30(34-28)33-26-11-7-24(8-12-26)22-37-18-16-36(4)17-19-37/h5-14,21H,15-20,22H2,1-4H3,(H,31,33,34). The van der Waals surface area contributed by atoms with Gasteiger partial charge in [0.05, 0.1) is 24.1 Å². The number of rotatable bonds is 9. The molecule has 0 saturated carbocycles. The average Bonchev–Trinajstić information content (AvgIpc) is 3.34. The minimum absolute atomic E-state index is 0.574. The predicted molar refractivity (Wildman–Crippen MR) is 154 cm³/mol. The van der Waals surface area contributed by atoms with Crippen molar-refractivity contribution >= 4 is 11.6 Å². The molecule has 0 amide bonds. The van der Waals surface area contributed by atoms with Gasteiger partial charge in [-0.15, -0.1) is 0 Å². The summed E-state index contributed by atoms with van der Waals surface area (Å²) in [7, 11) is 6.35. The molecule has 0 aliphatic carbocycles. The van der Waals surface area contributed by atoms with Crippen molar-refractivity contribution in [3.63, 3.8) is 0 Å². The maximum atomic E-state index is 4.87. The van der Waals surface area contributed by atoms with Gasteiger partial charge in [-0.1, -0.05) is 42.0 Å². The second-order valence-electron chi connectivity index (χ2n) is 10.5. The molecule has 198 valence electrons. The topological polar surface area (TPSA) is 65.4 Å². The number of aryl methyl sites for hydroxylation is 1. The van der Waals surface area contributed by atoms with Crippen LogP contribution < -0.4 is 5.32 Å². The van der Waals surface area contributed by atoms with Crippen LogP contribution in [0.15, 0.2) is 67.0 Å². The lowest BCUT2D eigenvalue weighted by atomic mass is 10.0. The summed E-state index contributed by atoms with van der Waals surface area (Å²) in [5.41, 5.74) is 7.59. The van der Waals surface area contributed by atoms with E-state index in [1.807, 2.05) is 18.5 Å². The fourth-order valence-electron chi connectivity index (χ4n) is 4.71. The molecule has 2 aromatic carbocycles. The number of likely N-dealkylation sites (N-methyl/N-ethyl adjacent to an activating group) is 2. The highest BCUT2D eigenvalue weighted by atomic mass is 15.3. The Kier molecular flexibility index (Phi) is 8.12. The molecule has 0 unspecified atom stereocenters. The van der Waals surface area contributed by atoms with Gasteiger partial charge >= 0.3 is 0 Å². The molecule has 1 saturated heterocycles. The number of hydrogen-bond donors (Lipinski definition) is 1. The van der Waals surface area contributed by atoms with E-state index >= 15 is 0 Å². The molecule has 38 heavy (non-hydrogen) atoms. The summed E-state index contributed by atoms with van der Waals surface area (Å²) in [4.78, 5) is 16.4. The van der Waals surface area contributed by atoms with Crippen molar-refractivity contribution in [2.24, 2.45) is 0 Å². The molecule has 5 rings (SSSR count). The summed E-state index contributed by atoms with van der Waals surface area (Å²) in [5, 5.41) is 8.13. The summed E-state index contributed by atoms with van der Waals surface area (Å²) in [6.07, 6.45) is 3.73. The first kappa shape index (κ1) is 26.0. The van der Waals surface area contributed by atoms with Crippen LogP contribution in [0.3, 0.4) is 0 Å². The highest BCUT2D eigenvalue weighted by Crippen LogP contribution is 2.32. The van der Waals surface area contributed by atoms with Crippen molar-refractivity contribution in [3.05, 3.63) is 78.1 Å². The Labute approximate surface area is 225 Å². The minimum atomic E-state index is 0.574. The largest absolute Gasteiger partial charge is 0.324 e. The molecule has 1 aliphatic rings. The molecule has 3 heterocycles. The van der Waals surface area contributed by atoms with Crippen molar-refractivity contribution in [3.8, 4) is 22.5 Å². The highest BCUT2D eigenvalue weighted by Gasteiger charge is 2.17. The minimum Gasteiger partial charge on any atom is -0.324 e. The van der Waals surface area contributed by atoms with Crippen molar-refractivity contribution < 1.29 is 0 Å². The first-order valence-corrected chi connectivity index (χ1v) is 13.3. The van der Waals surface area contributed by atoms with Gasteiger partial charge in [0, 0.05) is 62.3 Å². The number of anilines is 2. The Morgan fingerprint density at radius 1 is 0.921 bits per heavy atom. The van der Waals surface area contributed by atoms with Crippen LogP contribution in [0.2, 0.25) is 0 Å². The second kappa shape index (κ2) is 11.9. The number of hydrogen-bond acceptors (Lipinski definition) is 7. The Morgan fingerprint density at radius 2 is 1.66 bits per heavy atom. The van der Waals surface area contributed by atoms with E-state index in [4.69, 9.17) is 10.1 Å². The lowest BCUT2D eigenvalue weighted by Crippen LogP contribution is -2.43. The van der Waals surface area contributed by atoms with Crippen LogP contribution in [0.25, 0.3) is 22.5 Å². The quantitative estimate of drug-likeness (QED) is 0.359. The normalized spacial score (nSPS) is 14.8. The van der Waals surface area contributed by atoms with Crippen LogP contribution in [-0.2, 0) is 13.1 Å². The zero-order valence-corrected chi connectivity index (χ0v) is 22.9. The summed E-state index contributed by atoms with van der Waals surface area (Å²) in [6.45, 7) is 9.30. The number of aromatic nitrogens is 4. The summed E-state index contributed by atoms with van der Waals surface area (Å²) in [5.74, 6) is 0.574. The summed E-state index contributed by atoms with van der Waals surface area (Å²) < 4.78 is 2.08. The molecule has 1 N–H and O–H groups in total. The molecule has 4 aromatic rings. The third-order valence-electron chi connectivity index (χ3n) is 7.07. The first-order chi connectivity index (χ1) is 18.4. The molecule has 1 fully saturated rings. The Hall–Kier alpha value is -3.59. The fourth-order valence-corrected chi connectivity index (χ4v) is 4.71. The maximum absolute atomic E-state index is 4.87. The highest BCUT2D eigenvalue weighted by molar-refractivity contribution is 5.79. The molecular formula is C30H38N8. The van der Waals surface area contributed by atoms with E-state index in [-0.39, 0.29) is 0 Å².